The Hall–Kier alpha value is -1.54. The highest BCUT2D eigenvalue weighted by atomic mass is 32.1. The van der Waals surface area contributed by atoms with Crippen molar-refractivity contribution in [2.24, 2.45) is 0 Å². The number of rotatable bonds is 1. The van der Waals surface area contributed by atoms with Crippen molar-refractivity contribution in [3.05, 3.63) is 52.2 Å². The topological polar surface area (TPSA) is 9.23 Å². The summed E-state index contributed by atoms with van der Waals surface area (Å²) in [7, 11) is 0. The standard InChI is InChI=1S/C13H10OS/c1-2-5-12-10(4-1)8-11(9-14-12)13-6-3-7-15-13/h1-8H,9H2. The van der Waals surface area contributed by atoms with E-state index in [1.165, 1.54) is 16.0 Å². The Bertz CT molecular complexity index is 497. The summed E-state index contributed by atoms with van der Waals surface area (Å²) in [6.45, 7) is 0.678. The molecular formula is C13H10OS. The molecular weight excluding hydrogens is 204 g/mol. The summed E-state index contributed by atoms with van der Waals surface area (Å²) in [5.41, 5.74) is 2.44. The van der Waals surface area contributed by atoms with Crippen molar-refractivity contribution in [2.75, 3.05) is 6.61 Å². The zero-order valence-electron chi connectivity index (χ0n) is 8.14. The predicted octanol–water partition coefficient (Wildman–Crippen LogP) is 3.68. The van der Waals surface area contributed by atoms with Crippen LogP contribution in [0.15, 0.2) is 41.8 Å². The number of hydrogen-bond acceptors (Lipinski definition) is 2. The van der Waals surface area contributed by atoms with Crippen molar-refractivity contribution in [1.82, 2.24) is 0 Å². The molecule has 0 saturated carbocycles. The average molecular weight is 214 g/mol. The Morgan fingerprint density at radius 1 is 1.07 bits per heavy atom. The Morgan fingerprint density at radius 2 is 2.00 bits per heavy atom. The number of thiophene rings is 1. The summed E-state index contributed by atoms with van der Waals surface area (Å²) in [4.78, 5) is 1.30. The van der Waals surface area contributed by atoms with Gasteiger partial charge in [0.05, 0.1) is 0 Å². The molecule has 3 rings (SSSR count). The molecule has 0 N–H and O–H groups in total. The largest absolute Gasteiger partial charge is 0.488 e. The fourth-order valence-corrected chi connectivity index (χ4v) is 2.45. The maximum Gasteiger partial charge on any atom is 0.127 e. The maximum atomic E-state index is 5.70. The lowest BCUT2D eigenvalue weighted by atomic mass is 10.1. The molecule has 1 aliphatic heterocycles. The van der Waals surface area contributed by atoms with Gasteiger partial charge in [-0.05, 0) is 23.6 Å². The first-order chi connectivity index (χ1) is 7.43. The van der Waals surface area contributed by atoms with E-state index in [9.17, 15) is 0 Å². The zero-order chi connectivity index (χ0) is 10.1. The highest BCUT2D eigenvalue weighted by molar-refractivity contribution is 7.11. The fourth-order valence-electron chi connectivity index (χ4n) is 1.72. The van der Waals surface area contributed by atoms with Gasteiger partial charge in [0.2, 0.25) is 0 Å². The lowest BCUT2D eigenvalue weighted by Crippen LogP contribution is -2.05. The van der Waals surface area contributed by atoms with Gasteiger partial charge in [-0.1, -0.05) is 24.3 Å². The van der Waals surface area contributed by atoms with E-state index < -0.39 is 0 Å². The second kappa shape index (κ2) is 3.55. The first-order valence-electron chi connectivity index (χ1n) is 4.90. The Labute approximate surface area is 92.6 Å². The van der Waals surface area contributed by atoms with Crippen molar-refractivity contribution in [2.45, 2.75) is 0 Å². The molecule has 0 bridgehead atoms. The van der Waals surface area contributed by atoms with Gasteiger partial charge in [0, 0.05) is 16.0 Å². The van der Waals surface area contributed by atoms with E-state index in [4.69, 9.17) is 4.74 Å². The molecule has 1 aromatic heterocycles. The highest BCUT2D eigenvalue weighted by Gasteiger charge is 2.12. The average Bonchev–Trinajstić information content (AvgIpc) is 2.82. The Balaban J connectivity index is 2.06. The third-order valence-corrected chi connectivity index (χ3v) is 3.42. The quantitative estimate of drug-likeness (QED) is 0.703. The van der Waals surface area contributed by atoms with Crippen LogP contribution < -0.4 is 4.74 Å². The van der Waals surface area contributed by atoms with E-state index >= 15 is 0 Å². The third kappa shape index (κ3) is 1.57. The van der Waals surface area contributed by atoms with Gasteiger partial charge in [-0.2, -0.15) is 0 Å². The van der Waals surface area contributed by atoms with Crippen LogP contribution in [-0.2, 0) is 0 Å². The molecule has 0 fully saturated rings. The lowest BCUT2D eigenvalue weighted by molar-refractivity contribution is 0.366. The van der Waals surface area contributed by atoms with Crippen LogP contribution in [-0.4, -0.2) is 6.61 Å². The van der Waals surface area contributed by atoms with Gasteiger partial charge in [-0.15, -0.1) is 11.3 Å². The number of hydrogen-bond donors (Lipinski definition) is 0. The van der Waals surface area contributed by atoms with Crippen molar-refractivity contribution in [1.29, 1.82) is 0 Å². The Kier molecular flexibility index (Phi) is 2.07. The molecule has 2 heterocycles. The molecule has 0 radical (unpaired) electrons. The van der Waals surface area contributed by atoms with Gasteiger partial charge in [-0.25, -0.2) is 0 Å². The number of fused-ring (bicyclic) bond motifs is 1. The van der Waals surface area contributed by atoms with E-state index in [1.54, 1.807) is 11.3 Å². The van der Waals surface area contributed by atoms with E-state index in [1.807, 2.05) is 18.2 Å². The van der Waals surface area contributed by atoms with Crippen LogP contribution in [0.1, 0.15) is 10.4 Å². The monoisotopic (exact) mass is 214 g/mol. The molecule has 0 saturated heterocycles. The van der Waals surface area contributed by atoms with Crippen molar-refractivity contribution in [3.8, 4) is 5.75 Å². The first-order valence-corrected chi connectivity index (χ1v) is 5.78. The summed E-state index contributed by atoms with van der Waals surface area (Å²) < 4.78 is 5.70. The van der Waals surface area contributed by atoms with Gasteiger partial charge in [-0.3, -0.25) is 0 Å². The molecule has 0 unspecified atom stereocenters. The summed E-state index contributed by atoms with van der Waals surface area (Å²) in [5, 5.41) is 2.09. The van der Waals surface area contributed by atoms with E-state index in [-0.39, 0.29) is 0 Å². The van der Waals surface area contributed by atoms with E-state index in [0.717, 1.165) is 5.75 Å². The molecule has 1 nitrogen and oxygen atoms in total. The normalized spacial score (nSPS) is 14.0. The Morgan fingerprint density at radius 3 is 2.87 bits per heavy atom. The van der Waals surface area contributed by atoms with Gasteiger partial charge in [0.25, 0.3) is 0 Å². The summed E-state index contributed by atoms with van der Waals surface area (Å²) >= 11 is 1.76. The van der Waals surface area contributed by atoms with Crippen molar-refractivity contribution in [3.63, 3.8) is 0 Å². The van der Waals surface area contributed by atoms with Crippen LogP contribution in [0.3, 0.4) is 0 Å². The molecule has 0 spiro atoms. The second-order valence-corrected chi connectivity index (χ2v) is 4.42. The van der Waals surface area contributed by atoms with Crippen LogP contribution in [0.4, 0.5) is 0 Å². The van der Waals surface area contributed by atoms with Gasteiger partial charge in [0.1, 0.15) is 12.4 Å². The molecule has 2 heteroatoms. The number of para-hydroxylation sites is 1. The minimum Gasteiger partial charge on any atom is -0.488 e. The molecule has 2 aromatic rings. The molecule has 74 valence electrons. The molecule has 0 atom stereocenters. The predicted molar refractivity (Wildman–Crippen MR) is 64.1 cm³/mol. The minimum atomic E-state index is 0.678. The summed E-state index contributed by atoms with van der Waals surface area (Å²) in [6, 6.07) is 12.3. The summed E-state index contributed by atoms with van der Waals surface area (Å²) in [5.74, 6) is 0.984. The zero-order valence-corrected chi connectivity index (χ0v) is 8.96. The van der Waals surface area contributed by atoms with E-state index in [0.29, 0.717) is 6.61 Å². The maximum absolute atomic E-state index is 5.70. The number of benzene rings is 1. The first kappa shape index (κ1) is 8.74. The van der Waals surface area contributed by atoms with E-state index in [2.05, 4.69) is 29.7 Å². The second-order valence-electron chi connectivity index (χ2n) is 3.47. The fraction of sp³-hybridized carbons (Fsp3) is 0.0769. The molecule has 15 heavy (non-hydrogen) atoms. The third-order valence-electron chi connectivity index (χ3n) is 2.47. The SMILES string of the molecule is C1=C(c2cccs2)COc2ccccc21. The van der Waals surface area contributed by atoms with Crippen LogP contribution >= 0.6 is 11.3 Å². The molecule has 0 amide bonds. The van der Waals surface area contributed by atoms with Crippen LogP contribution in [0.2, 0.25) is 0 Å². The van der Waals surface area contributed by atoms with Gasteiger partial charge < -0.3 is 4.74 Å². The molecule has 1 aliphatic rings. The number of ether oxygens (including phenoxy) is 1. The molecule has 1 aromatic carbocycles. The highest BCUT2D eigenvalue weighted by Crippen LogP contribution is 2.31. The molecule has 0 aliphatic carbocycles. The summed E-state index contributed by atoms with van der Waals surface area (Å²) in [6.07, 6.45) is 2.21. The van der Waals surface area contributed by atoms with Gasteiger partial charge >= 0.3 is 0 Å². The van der Waals surface area contributed by atoms with Crippen LogP contribution in [0, 0.1) is 0 Å². The smallest absolute Gasteiger partial charge is 0.127 e. The van der Waals surface area contributed by atoms with Crippen LogP contribution in [0.25, 0.3) is 11.6 Å². The van der Waals surface area contributed by atoms with Crippen molar-refractivity contribution >= 4 is 23.0 Å². The lowest BCUT2D eigenvalue weighted by Gasteiger charge is -2.16. The minimum absolute atomic E-state index is 0.678. The van der Waals surface area contributed by atoms with Gasteiger partial charge in [0.15, 0.2) is 0 Å². The van der Waals surface area contributed by atoms with Crippen LogP contribution in [0.5, 0.6) is 5.75 Å². The van der Waals surface area contributed by atoms with Crippen molar-refractivity contribution < 1.29 is 4.74 Å².